The number of carbonyl (C=O) groups excluding carboxylic acids is 1. The van der Waals surface area contributed by atoms with Crippen molar-refractivity contribution in [3.8, 4) is 0 Å². The van der Waals surface area contributed by atoms with Gasteiger partial charge >= 0.3 is 0 Å². The molecule has 0 saturated heterocycles. The van der Waals surface area contributed by atoms with Crippen LogP contribution in [0.1, 0.15) is 21.8 Å². The fourth-order valence-electron chi connectivity index (χ4n) is 2.18. The average Bonchev–Trinajstić information content (AvgIpc) is 3.00. The van der Waals surface area contributed by atoms with Gasteiger partial charge in [0.2, 0.25) is 0 Å². The second-order valence-corrected chi connectivity index (χ2v) is 5.82. The van der Waals surface area contributed by atoms with Crippen LogP contribution in [0.25, 0.3) is 0 Å². The zero-order valence-corrected chi connectivity index (χ0v) is 14.2. The number of nitrogens with zero attached hydrogens (tertiary/aromatic N) is 3. The van der Waals surface area contributed by atoms with Crippen LogP contribution in [0.2, 0.25) is 5.02 Å². The molecule has 8 heteroatoms. The second-order valence-electron chi connectivity index (χ2n) is 5.39. The van der Waals surface area contributed by atoms with E-state index in [-0.39, 0.29) is 5.69 Å². The van der Waals surface area contributed by atoms with Crippen molar-refractivity contribution in [2.24, 2.45) is 0 Å². The molecule has 2 N–H and O–H groups in total. The highest BCUT2D eigenvalue weighted by Crippen LogP contribution is 2.12. The van der Waals surface area contributed by atoms with Crippen LogP contribution in [-0.4, -0.2) is 27.8 Å². The van der Waals surface area contributed by atoms with Crippen LogP contribution in [0.5, 0.6) is 0 Å². The topological polar surface area (TPSA) is 92.9 Å². The Hall–Kier alpha value is -2.93. The predicted octanol–water partition coefficient (Wildman–Crippen LogP) is 3.33. The highest BCUT2D eigenvalue weighted by molar-refractivity contribution is 6.30. The zero-order chi connectivity index (χ0) is 17.6. The quantitative estimate of drug-likeness (QED) is 0.702. The Labute approximate surface area is 149 Å². The summed E-state index contributed by atoms with van der Waals surface area (Å²) in [6.07, 6.45) is 0.802. The highest BCUT2D eigenvalue weighted by Gasteiger charge is 2.11. The molecule has 25 heavy (non-hydrogen) atoms. The van der Waals surface area contributed by atoms with Crippen LogP contribution in [0, 0.1) is 6.92 Å². The molecule has 128 valence electrons. The largest absolute Gasteiger partial charge is 0.368 e. The Morgan fingerprint density at radius 2 is 2.04 bits per heavy atom. The lowest BCUT2D eigenvalue weighted by atomic mass is 10.1. The first-order chi connectivity index (χ1) is 12.1. The Bertz CT molecular complexity index is 863. The van der Waals surface area contributed by atoms with Crippen molar-refractivity contribution in [3.63, 3.8) is 0 Å². The standard InChI is InChI=1S/C17H16ClN5O2/c1-11-9-16(23-25-11)20-17(24)14-5-6-15(22-21-14)19-8-7-12-3-2-4-13(18)10-12/h2-6,9-10H,7-8H2,1H3,(H,19,22)(H,20,23,24). The van der Waals surface area contributed by atoms with Gasteiger partial charge in [0.1, 0.15) is 11.6 Å². The Kier molecular flexibility index (Phi) is 5.25. The van der Waals surface area contributed by atoms with Crippen LogP contribution < -0.4 is 10.6 Å². The van der Waals surface area contributed by atoms with E-state index in [0.717, 1.165) is 17.0 Å². The van der Waals surface area contributed by atoms with E-state index in [9.17, 15) is 4.79 Å². The van der Waals surface area contributed by atoms with Gasteiger partial charge in [0.25, 0.3) is 5.91 Å². The first-order valence-electron chi connectivity index (χ1n) is 7.67. The van der Waals surface area contributed by atoms with Crippen LogP contribution in [0.3, 0.4) is 0 Å². The second kappa shape index (κ2) is 7.76. The third-order valence-corrected chi connectivity index (χ3v) is 3.61. The number of anilines is 2. The number of halogens is 1. The highest BCUT2D eigenvalue weighted by atomic mass is 35.5. The summed E-state index contributed by atoms with van der Waals surface area (Å²) in [5.74, 6) is 1.15. The minimum absolute atomic E-state index is 0.195. The van der Waals surface area contributed by atoms with E-state index in [1.54, 1.807) is 25.1 Å². The number of rotatable bonds is 6. The smallest absolute Gasteiger partial charge is 0.277 e. The van der Waals surface area contributed by atoms with E-state index in [1.807, 2.05) is 24.3 Å². The molecule has 2 aromatic heterocycles. The van der Waals surface area contributed by atoms with E-state index in [2.05, 4.69) is 26.0 Å². The van der Waals surface area contributed by atoms with Crippen LogP contribution >= 0.6 is 11.6 Å². The fourth-order valence-corrected chi connectivity index (χ4v) is 2.39. The minimum atomic E-state index is -0.397. The number of hydrogen-bond acceptors (Lipinski definition) is 6. The van der Waals surface area contributed by atoms with Crippen LogP contribution in [-0.2, 0) is 6.42 Å². The molecule has 0 fully saturated rings. The molecule has 0 aliphatic rings. The molecule has 7 nitrogen and oxygen atoms in total. The Morgan fingerprint density at radius 3 is 2.72 bits per heavy atom. The first-order valence-corrected chi connectivity index (χ1v) is 8.05. The summed E-state index contributed by atoms with van der Waals surface area (Å²) in [6, 6.07) is 12.6. The summed E-state index contributed by atoms with van der Waals surface area (Å²) >= 11 is 5.96. The van der Waals surface area contributed by atoms with E-state index in [1.165, 1.54) is 0 Å². The first kappa shape index (κ1) is 16.9. The lowest BCUT2D eigenvalue weighted by Crippen LogP contribution is -2.15. The third kappa shape index (κ3) is 4.77. The van der Waals surface area contributed by atoms with Crippen molar-refractivity contribution in [1.82, 2.24) is 15.4 Å². The third-order valence-electron chi connectivity index (χ3n) is 3.38. The molecular formula is C17H16ClN5O2. The molecule has 0 saturated carbocycles. The molecule has 3 aromatic rings. The van der Waals surface area contributed by atoms with Crippen molar-refractivity contribution < 1.29 is 9.32 Å². The van der Waals surface area contributed by atoms with Crippen molar-refractivity contribution >= 4 is 29.1 Å². The van der Waals surface area contributed by atoms with Gasteiger partial charge in [0, 0.05) is 17.6 Å². The Morgan fingerprint density at radius 1 is 1.16 bits per heavy atom. The fraction of sp³-hybridized carbons (Fsp3) is 0.176. The molecular weight excluding hydrogens is 342 g/mol. The van der Waals surface area contributed by atoms with Crippen molar-refractivity contribution in [2.75, 3.05) is 17.2 Å². The molecule has 1 aromatic carbocycles. The van der Waals surface area contributed by atoms with Gasteiger partial charge in [-0.05, 0) is 43.2 Å². The molecule has 0 spiro atoms. The number of benzene rings is 1. The van der Waals surface area contributed by atoms with Crippen LogP contribution in [0.15, 0.2) is 47.0 Å². The van der Waals surface area contributed by atoms with Gasteiger partial charge in [-0.15, -0.1) is 10.2 Å². The number of amides is 1. The van der Waals surface area contributed by atoms with Gasteiger partial charge in [-0.1, -0.05) is 28.9 Å². The van der Waals surface area contributed by atoms with Gasteiger partial charge < -0.3 is 15.2 Å². The normalized spacial score (nSPS) is 10.5. The van der Waals surface area contributed by atoms with Crippen LogP contribution in [0.4, 0.5) is 11.6 Å². The maximum atomic E-state index is 12.0. The molecule has 0 aliphatic heterocycles. The van der Waals surface area contributed by atoms with E-state index in [0.29, 0.717) is 23.9 Å². The van der Waals surface area contributed by atoms with Crippen molar-refractivity contribution in [3.05, 3.63) is 64.5 Å². The van der Waals surface area contributed by atoms with Crippen molar-refractivity contribution in [2.45, 2.75) is 13.3 Å². The predicted molar refractivity (Wildman–Crippen MR) is 94.9 cm³/mol. The van der Waals surface area contributed by atoms with Gasteiger partial charge in [-0.25, -0.2) is 0 Å². The number of carbonyl (C=O) groups is 1. The summed E-state index contributed by atoms with van der Waals surface area (Å²) in [6.45, 7) is 2.42. The lowest BCUT2D eigenvalue weighted by Gasteiger charge is -2.06. The van der Waals surface area contributed by atoms with Gasteiger partial charge in [0.05, 0.1) is 0 Å². The maximum Gasteiger partial charge on any atom is 0.277 e. The van der Waals surface area contributed by atoms with E-state index in [4.69, 9.17) is 16.1 Å². The monoisotopic (exact) mass is 357 g/mol. The van der Waals surface area contributed by atoms with Crippen molar-refractivity contribution in [1.29, 1.82) is 0 Å². The van der Waals surface area contributed by atoms with Gasteiger partial charge in [-0.2, -0.15) is 0 Å². The zero-order valence-electron chi connectivity index (χ0n) is 13.5. The maximum absolute atomic E-state index is 12.0. The summed E-state index contributed by atoms with van der Waals surface area (Å²) in [4.78, 5) is 12.0. The van der Waals surface area contributed by atoms with Gasteiger partial charge in [0.15, 0.2) is 11.5 Å². The average molecular weight is 358 g/mol. The molecule has 0 atom stereocenters. The van der Waals surface area contributed by atoms with E-state index >= 15 is 0 Å². The summed E-state index contributed by atoms with van der Waals surface area (Å²) in [5, 5.41) is 18.1. The summed E-state index contributed by atoms with van der Waals surface area (Å²) in [5.41, 5.74) is 1.33. The molecule has 3 rings (SSSR count). The molecule has 0 aliphatic carbocycles. The number of aryl methyl sites for hydroxylation is 1. The SMILES string of the molecule is Cc1cc(NC(=O)c2ccc(NCCc3cccc(Cl)c3)nn2)no1. The Balaban J connectivity index is 1.52. The molecule has 0 bridgehead atoms. The summed E-state index contributed by atoms with van der Waals surface area (Å²) in [7, 11) is 0. The number of hydrogen-bond donors (Lipinski definition) is 2. The molecule has 0 radical (unpaired) electrons. The molecule has 1 amide bonds. The lowest BCUT2D eigenvalue weighted by molar-refractivity contribution is 0.102. The molecule has 2 heterocycles. The molecule has 0 unspecified atom stereocenters. The number of aromatic nitrogens is 3. The minimum Gasteiger partial charge on any atom is -0.368 e. The van der Waals surface area contributed by atoms with Gasteiger partial charge in [-0.3, -0.25) is 4.79 Å². The van der Waals surface area contributed by atoms with E-state index < -0.39 is 5.91 Å². The number of nitrogens with one attached hydrogen (secondary N) is 2. The summed E-state index contributed by atoms with van der Waals surface area (Å²) < 4.78 is 4.89.